The normalized spacial score (nSPS) is 12.4. The Hall–Kier alpha value is -0.190. The second-order valence-corrected chi connectivity index (χ2v) is 6.10. The van der Waals surface area contributed by atoms with Gasteiger partial charge >= 0.3 is 0 Å². The molecule has 0 amide bonds. The van der Waals surface area contributed by atoms with Crippen LogP contribution in [0, 0.1) is 0 Å². The van der Waals surface area contributed by atoms with Crippen molar-refractivity contribution < 1.29 is 4.74 Å². The van der Waals surface area contributed by atoms with E-state index in [1.807, 2.05) is 12.1 Å². The Morgan fingerprint density at radius 2 is 2.22 bits per heavy atom. The summed E-state index contributed by atoms with van der Waals surface area (Å²) in [5.74, 6) is 2.01. The number of rotatable bonds is 8. The molecule has 0 bridgehead atoms. The van der Waals surface area contributed by atoms with Gasteiger partial charge in [-0.2, -0.15) is 11.8 Å². The van der Waals surface area contributed by atoms with Crippen molar-refractivity contribution in [2.45, 2.75) is 26.3 Å². The molecule has 1 aromatic carbocycles. The van der Waals surface area contributed by atoms with Gasteiger partial charge in [0.15, 0.2) is 0 Å². The Morgan fingerprint density at radius 3 is 2.89 bits per heavy atom. The molecular formula is C14H22BrNOS. The molecule has 1 N–H and O–H groups in total. The Morgan fingerprint density at radius 1 is 1.44 bits per heavy atom. The van der Waals surface area contributed by atoms with Gasteiger partial charge in [-0.3, -0.25) is 0 Å². The number of nitrogens with one attached hydrogen (secondary N) is 1. The minimum absolute atomic E-state index is 0.312. The van der Waals surface area contributed by atoms with Crippen LogP contribution in [0.15, 0.2) is 22.7 Å². The maximum Gasteiger partial charge on any atom is 0.124 e. The van der Waals surface area contributed by atoms with E-state index in [1.54, 1.807) is 11.8 Å². The molecule has 0 aliphatic rings. The predicted molar refractivity (Wildman–Crippen MR) is 84.7 cm³/mol. The number of halogens is 1. The first kappa shape index (κ1) is 15.9. The average Bonchev–Trinajstić information content (AvgIpc) is 2.38. The third kappa shape index (κ3) is 5.21. The third-order valence-electron chi connectivity index (χ3n) is 2.68. The summed E-state index contributed by atoms with van der Waals surface area (Å²) in [5, 5.41) is 3.50. The Balaban J connectivity index is 2.75. The van der Waals surface area contributed by atoms with Gasteiger partial charge < -0.3 is 10.1 Å². The summed E-state index contributed by atoms with van der Waals surface area (Å²) in [6.07, 6.45) is 3.23. The second-order valence-electron chi connectivity index (χ2n) is 4.20. The van der Waals surface area contributed by atoms with Crippen molar-refractivity contribution in [1.29, 1.82) is 0 Å². The van der Waals surface area contributed by atoms with Crippen LogP contribution in [0.2, 0.25) is 0 Å². The van der Waals surface area contributed by atoms with Crippen molar-refractivity contribution in [1.82, 2.24) is 5.32 Å². The summed E-state index contributed by atoms with van der Waals surface area (Å²) in [4.78, 5) is 0. The van der Waals surface area contributed by atoms with Crippen molar-refractivity contribution in [2.24, 2.45) is 0 Å². The van der Waals surface area contributed by atoms with Crippen LogP contribution in [-0.4, -0.2) is 25.2 Å². The van der Waals surface area contributed by atoms with E-state index in [0.29, 0.717) is 6.04 Å². The summed E-state index contributed by atoms with van der Waals surface area (Å²) in [6.45, 7) is 6.14. The lowest BCUT2D eigenvalue weighted by molar-refractivity contribution is 0.336. The van der Waals surface area contributed by atoms with Crippen molar-refractivity contribution >= 4 is 27.7 Å². The van der Waals surface area contributed by atoms with Crippen molar-refractivity contribution in [2.75, 3.05) is 25.2 Å². The first-order valence-electron chi connectivity index (χ1n) is 6.33. The topological polar surface area (TPSA) is 21.3 Å². The van der Waals surface area contributed by atoms with E-state index in [1.165, 1.54) is 5.56 Å². The van der Waals surface area contributed by atoms with Crippen LogP contribution >= 0.6 is 27.7 Å². The van der Waals surface area contributed by atoms with E-state index in [0.717, 1.165) is 35.5 Å². The number of ether oxygens (including phenoxy) is 1. The molecule has 0 radical (unpaired) electrons. The summed E-state index contributed by atoms with van der Waals surface area (Å²) < 4.78 is 6.95. The zero-order chi connectivity index (χ0) is 13.4. The van der Waals surface area contributed by atoms with Crippen LogP contribution < -0.4 is 10.1 Å². The number of hydrogen-bond acceptors (Lipinski definition) is 3. The quantitative estimate of drug-likeness (QED) is 0.719. The molecule has 4 heteroatoms. The summed E-state index contributed by atoms with van der Waals surface area (Å²) in [7, 11) is 0. The third-order valence-corrected chi connectivity index (χ3v) is 3.75. The van der Waals surface area contributed by atoms with Crippen molar-refractivity contribution in [3.63, 3.8) is 0 Å². The van der Waals surface area contributed by atoms with E-state index in [-0.39, 0.29) is 0 Å². The molecule has 1 aromatic rings. The van der Waals surface area contributed by atoms with Crippen LogP contribution in [0.25, 0.3) is 0 Å². The largest absolute Gasteiger partial charge is 0.492 e. The van der Waals surface area contributed by atoms with E-state index < -0.39 is 0 Å². The van der Waals surface area contributed by atoms with Crippen LogP contribution in [0.3, 0.4) is 0 Å². The molecule has 0 saturated carbocycles. The fourth-order valence-electron chi connectivity index (χ4n) is 1.69. The molecule has 0 aliphatic heterocycles. The fraction of sp³-hybridized carbons (Fsp3) is 0.571. The lowest BCUT2D eigenvalue weighted by atomic mass is 10.1. The predicted octanol–water partition coefficient (Wildman–Crippen LogP) is 4.25. The van der Waals surface area contributed by atoms with Gasteiger partial charge in [0.2, 0.25) is 0 Å². The smallest absolute Gasteiger partial charge is 0.124 e. The summed E-state index contributed by atoms with van der Waals surface area (Å²) in [5.41, 5.74) is 1.22. The van der Waals surface area contributed by atoms with Crippen LogP contribution in [0.5, 0.6) is 5.75 Å². The molecule has 0 aromatic heterocycles. The molecule has 0 aliphatic carbocycles. The summed E-state index contributed by atoms with van der Waals surface area (Å²) in [6, 6.07) is 6.53. The molecule has 2 nitrogen and oxygen atoms in total. The Kier molecular flexibility index (Phi) is 7.79. The van der Waals surface area contributed by atoms with Crippen molar-refractivity contribution in [3.8, 4) is 5.75 Å². The molecule has 0 spiro atoms. The van der Waals surface area contributed by atoms with Gasteiger partial charge in [-0.25, -0.2) is 0 Å². The highest BCUT2D eigenvalue weighted by Gasteiger charge is 2.11. The zero-order valence-corrected chi connectivity index (χ0v) is 13.7. The molecular weight excluding hydrogens is 310 g/mol. The molecule has 0 heterocycles. The van der Waals surface area contributed by atoms with Gasteiger partial charge in [0.1, 0.15) is 5.75 Å². The van der Waals surface area contributed by atoms with Gasteiger partial charge in [0.05, 0.1) is 6.61 Å². The van der Waals surface area contributed by atoms with Gasteiger partial charge in [0, 0.05) is 21.8 Å². The fourth-order valence-corrected chi connectivity index (χ4v) is 2.32. The van der Waals surface area contributed by atoms with Crippen LogP contribution in [0.4, 0.5) is 0 Å². The SMILES string of the molecule is CCCNC(C)c1cc(Br)ccc1OCCSC. The molecule has 1 atom stereocenters. The molecule has 0 saturated heterocycles. The molecule has 0 fully saturated rings. The van der Waals surface area contributed by atoms with E-state index in [4.69, 9.17) is 4.74 Å². The number of hydrogen-bond donors (Lipinski definition) is 1. The van der Waals surface area contributed by atoms with Gasteiger partial charge in [-0.15, -0.1) is 0 Å². The highest BCUT2D eigenvalue weighted by atomic mass is 79.9. The van der Waals surface area contributed by atoms with Crippen LogP contribution in [-0.2, 0) is 0 Å². The second kappa shape index (κ2) is 8.83. The monoisotopic (exact) mass is 331 g/mol. The molecule has 1 rings (SSSR count). The van der Waals surface area contributed by atoms with Gasteiger partial charge in [0.25, 0.3) is 0 Å². The molecule has 1 unspecified atom stereocenters. The lowest BCUT2D eigenvalue weighted by Gasteiger charge is -2.18. The van der Waals surface area contributed by atoms with E-state index in [9.17, 15) is 0 Å². The summed E-state index contributed by atoms with van der Waals surface area (Å²) >= 11 is 5.33. The van der Waals surface area contributed by atoms with Crippen LogP contribution in [0.1, 0.15) is 31.9 Å². The number of thioether (sulfide) groups is 1. The molecule has 102 valence electrons. The highest BCUT2D eigenvalue weighted by molar-refractivity contribution is 9.10. The first-order valence-corrected chi connectivity index (χ1v) is 8.52. The molecule has 18 heavy (non-hydrogen) atoms. The standard InChI is InChI=1S/C14H22BrNOS/c1-4-7-16-11(2)13-10-12(15)5-6-14(13)17-8-9-18-3/h5-6,10-11,16H,4,7-9H2,1-3H3. The van der Waals surface area contributed by atoms with E-state index in [2.05, 4.69) is 47.4 Å². The number of benzene rings is 1. The van der Waals surface area contributed by atoms with Gasteiger partial charge in [-0.05, 0) is 44.3 Å². The highest BCUT2D eigenvalue weighted by Crippen LogP contribution is 2.28. The zero-order valence-electron chi connectivity index (χ0n) is 11.3. The minimum Gasteiger partial charge on any atom is -0.492 e. The maximum atomic E-state index is 5.85. The Bertz CT molecular complexity index is 360. The lowest BCUT2D eigenvalue weighted by Crippen LogP contribution is -2.20. The average molecular weight is 332 g/mol. The Labute approximate surface area is 123 Å². The maximum absolute atomic E-state index is 5.85. The first-order chi connectivity index (χ1) is 8.69. The van der Waals surface area contributed by atoms with Gasteiger partial charge in [-0.1, -0.05) is 22.9 Å². The van der Waals surface area contributed by atoms with Crippen molar-refractivity contribution in [3.05, 3.63) is 28.2 Å². The van der Waals surface area contributed by atoms with E-state index >= 15 is 0 Å². The minimum atomic E-state index is 0.312.